The van der Waals surface area contributed by atoms with Gasteiger partial charge in [-0.3, -0.25) is 0 Å². The molecule has 1 aliphatic heterocycles. The number of nitrogens with zero attached hydrogens (tertiary/aromatic N) is 1. The summed E-state index contributed by atoms with van der Waals surface area (Å²) in [5.74, 6) is -0.155. The van der Waals surface area contributed by atoms with Gasteiger partial charge in [-0.15, -0.1) is 0 Å². The summed E-state index contributed by atoms with van der Waals surface area (Å²) in [6, 6.07) is 10.3. The quantitative estimate of drug-likeness (QED) is 0.726. The van der Waals surface area contributed by atoms with E-state index in [2.05, 4.69) is 24.1 Å². The van der Waals surface area contributed by atoms with Crippen LogP contribution in [-0.4, -0.2) is 31.1 Å². The molecule has 17 heavy (non-hydrogen) atoms. The second kappa shape index (κ2) is 5.64. The van der Waals surface area contributed by atoms with Crippen LogP contribution in [0, 0.1) is 0 Å². The molecule has 0 aromatic heterocycles. The van der Waals surface area contributed by atoms with Gasteiger partial charge < -0.3 is 9.64 Å². The van der Waals surface area contributed by atoms with Gasteiger partial charge in [-0.2, -0.15) is 0 Å². The number of carbonyl (C=O) groups excluding carboxylic acids is 1. The molecule has 0 spiro atoms. The summed E-state index contributed by atoms with van der Waals surface area (Å²) in [5, 5.41) is 0. The summed E-state index contributed by atoms with van der Waals surface area (Å²) in [5.41, 5.74) is 2.10. The maximum atomic E-state index is 11.2. The third-order valence-electron chi connectivity index (χ3n) is 2.86. The maximum absolute atomic E-state index is 11.2. The van der Waals surface area contributed by atoms with Crippen molar-refractivity contribution in [2.45, 2.75) is 13.0 Å². The Morgan fingerprint density at radius 3 is 2.71 bits per heavy atom. The van der Waals surface area contributed by atoms with Gasteiger partial charge in [0.25, 0.3) is 0 Å². The molecular formula is C14H17NO2. The number of cyclic esters (lactones) is 1. The minimum absolute atomic E-state index is 0.155. The fourth-order valence-electron chi connectivity index (χ4n) is 1.88. The topological polar surface area (TPSA) is 29.5 Å². The summed E-state index contributed by atoms with van der Waals surface area (Å²) in [6.07, 6.45) is 2.64. The molecule has 0 bridgehead atoms. The first-order chi connectivity index (χ1) is 8.25. The Hall–Kier alpha value is -1.61. The predicted octanol–water partition coefficient (Wildman–Crippen LogP) is 1.99. The number of rotatable bonds is 5. The molecule has 3 heteroatoms. The van der Waals surface area contributed by atoms with Crippen LogP contribution in [0.3, 0.4) is 0 Å². The predicted molar refractivity (Wildman–Crippen MR) is 66.4 cm³/mol. The van der Waals surface area contributed by atoms with Crippen LogP contribution in [0.4, 0.5) is 0 Å². The summed E-state index contributed by atoms with van der Waals surface area (Å²) < 4.78 is 4.87. The fourth-order valence-corrected chi connectivity index (χ4v) is 1.88. The van der Waals surface area contributed by atoms with Crippen LogP contribution in [-0.2, 0) is 16.1 Å². The maximum Gasteiger partial charge on any atom is 0.334 e. The summed E-state index contributed by atoms with van der Waals surface area (Å²) in [4.78, 5) is 13.4. The van der Waals surface area contributed by atoms with Gasteiger partial charge in [-0.25, -0.2) is 4.79 Å². The molecule has 0 radical (unpaired) electrons. The molecule has 0 amide bonds. The van der Waals surface area contributed by atoms with Crippen LogP contribution in [0.1, 0.15) is 12.0 Å². The highest BCUT2D eigenvalue weighted by Gasteiger charge is 2.16. The molecule has 0 saturated carbocycles. The van der Waals surface area contributed by atoms with Crippen molar-refractivity contribution in [3.8, 4) is 0 Å². The summed E-state index contributed by atoms with van der Waals surface area (Å²) in [7, 11) is 2.06. The van der Waals surface area contributed by atoms with Crippen molar-refractivity contribution in [1.82, 2.24) is 4.90 Å². The molecule has 0 atom stereocenters. The van der Waals surface area contributed by atoms with E-state index in [1.165, 1.54) is 5.56 Å². The molecular weight excluding hydrogens is 214 g/mol. The van der Waals surface area contributed by atoms with Gasteiger partial charge in [0.05, 0.1) is 0 Å². The number of benzene rings is 1. The molecule has 90 valence electrons. The van der Waals surface area contributed by atoms with Crippen LogP contribution < -0.4 is 0 Å². The lowest BCUT2D eigenvalue weighted by Crippen LogP contribution is -2.20. The van der Waals surface area contributed by atoms with Crippen LogP contribution in [0.5, 0.6) is 0 Å². The highest BCUT2D eigenvalue weighted by molar-refractivity contribution is 5.90. The molecule has 3 nitrogen and oxygen atoms in total. The highest BCUT2D eigenvalue weighted by Crippen LogP contribution is 2.12. The van der Waals surface area contributed by atoms with Crippen LogP contribution >= 0.6 is 0 Å². The largest absolute Gasteiger partial charge is 0.458 e. The molecule has 0 fully saturated rings. The van der Waals surface area contributed by atoms with Gasteiger partial charge in [0.15, 0.2) is 0 Å². The first-order valence-corrected chi connectivity index (χ1v) is 5.84. The average Bonchev–Trinajstić information content (AvgIpc) is 2.74. The van der Waals surface area contributed by atoms with Crippen LogP contribution in [0.25, 0.3) is 0 Å². The fraction of sp³-hybridized carbons (Fsp3) is 0.357. The Morgan fingerprint density at radius 2 is 2.06 bits per heavy atom. The minimum atomic E-state index is -0.155. The lowest BCUT2D eigenvalue weighted by atomic mass is 10.1. The van der Waals surface area contributed by atoms with Gasteiger partial charge in [0.2, 0.25) is 0 Å². The molecule has 0 saturated heterocycles. The zero-order chi connectivity index (χ0) is 12.1. The van der Waals surface area contributed by atoms with Crippen LogP contribution in [0.15, 0.2) is 42.0 Å². The molecule has 1 heterocycles. The van der Waals surface area contributed by atoms with Gasteiger partial charge in [-0.1, -0.05) is 30.3 Å². The number of carbonyl (C=O) groups is 1. The molecule has 0 aliphatic carbocycles. The number of hydrogen-bond acceptors (Lipinski definition) is 3. The standard InChI is InChI=1S/C14H17NO2/c1-15(11-12-5-3-2-4-6-12)9-7-13-8-10-17-14(13)16/h2-6,8H,7,9-11H2,1H3. The lowest BCUT2D eigenvalue weighted by Gasteiger charge is -2.16. The van der Waals surface area contributed by atoms with Crippen molar-refractivity contribution in [3.05, 3.63) is 47.5 Å². The van der Waals surface area contributed by atoms with Crippen molar-refractivity contribution in [2.75, 3.05) is 20.2 Å². The smallest absolute Gasteiger partial charge is 0.334 e. The van der Waals surface area contributed by atoms with E-state index in [9.17, 15) is 4.79 Å². The second-order valence-corrected chi connectivity index (χ2v) is 4.30. The van der Waals surface area contributed by atoms with E-state index in [0.29, 0.717) is 6.61 Å². The Morgan fingerprint density at radius 1 is 1.29 bits per heavy atom. The van der Waals surface area contributed by atoms with Gasteiger partial charge >= 0.3 is 5.97 Å². The van der Waals surface area contributed by atoms with Crippen molar-refractivity contribution < 1.29 is 9.53 Å². The zero-order valence-corrected chi connectivity index (χ0v) is 10.1. The molecule has 0 unspecified atom stereocenters. The van der Waals surface area contributed by atoms with Gasteiger partial charge in [-0.05, 0) is 25.1 Å². The van der Waals surface area contributed by atoms with E-state index in [1.54, 1.807) is 0 Å². The Balaban J connectivity index is 1.78. The average molecular weight is 231 g/mol. The van der Waals surface area contributed by atoms with E-state index >= 15 is 0 Å². The van der Waals surface area contributed by atoms with Gasteiger partial charge in [0.1, 0.15) is 6.61 Å². The molecule has 1 aliphatic rings. The van der Waals surface area contributed by atoms with Gasteiger partial charge in [0, 0.05) is 18.7 Å². The number of hydrogen-bond donors (Lipinski definition) is 0. The second-order valence-electron chi connectivity index (χ2n) is 4.30. The summed E-state index contributed by atoms with van der Waals surface area (Å²) >= 11 is 0. The number of esters is 1. The third kappa shape index (κ3) is 3.43. The minimum Gasteiger partial charge on any atom is -0.458 e. The van der Waals surface area contributed by atoms with Crippen molar-refractivity contribution >= 4 is 5.97 Å². The molecule has 0 N–H and O–H groups in total. The third-order valence-corrected chi connectivity index (χ3v) is 2.86. The monoisotopic (exact) mass is 231 g/mol. The van der Waals surface area contributed by atoms with Crippen molar-refractivity contribution in [2.24, 2.45) is 0 Å². The van der Waals surface area contributed by atoms with Crippen LogP contribution in [0.2, 0.25) is 0 Å². The van der Waals surface area contributed by atoms with E-state index in [0.717, 1.165) is 25.1 Å². The lowest BCUT2D eigenvalue weighted by molar-refractivity contribution is -0.136. The zero-order valence-electron chi connectivity index (χ0n) is 10.1. The van der Waals surface area contributed by atoms with E-state index in [1.807, 2.05) is 24.3 Å². The first kappa shape index (κ1) is 11.9. The molecule has 1 aromatic carbocycles. The number of ether oxygens (including phenoxy) is 1. The Kier molecular flexibility index (Phi) is 3.94. The molecule has 1 aromatic rings. The molecule has 2 rings (SSSR count). The Bertz CT molecular complexity index is 411. The van der Waals surface area contributed by atoms with Crippen molar-refractivity contribution in [1.29, 1.82) is 0 Å². The summed E-state index contributed by atoms with van der Waals surface area (Å²) in [6.45, 7) is 2.22. The normalized spacial score (nSPS) is 14.9. The van der Waals surface area contributed by atoms with E-state index < -0.39 is 0 Å². The first-order valence-electron chi connectivity index (χ1n) is 5.84. The van der Waals surface area contributed by atoms with E-state index in [-0.39, 0.29) is 5.97 Å². The Labute approximate surface area is 102 Å². The van der Waals surface area contributed by atoms with E-state index in [4.69, 9.17) is 4.74 Å². The van der Waals surface area contributed by atoms with Crippen molar-refractivity contribution in [3.63, 3.8) is 0 Å². The SMILES string of the molecule is CN(CCC1=CCOC1=O)Cc1ccccc1. The highest BCUT2D eigenvalue weighted by atomic mass is 16.5.